The molecule has 2 amide bonds. The molecule has 0 aliphatic rings. The SMILES string of the molecule is CCCCCCCC(=O)OC(CC(=O)NNC(=O)c1ccc(-c2nc(-c3ccccc3)c(-c3ccccc3)[nH]2)cc1)C[N+](C)(C)C. The standard InChI is InChI=1S/C37H45N5O4/c1-5-6-7-8-15-20-33(44)46-31(26-42(2,3)4)25-32(43)40-41-37(45)30-23-21-29(22-24-30)36-38-34(27-16-11-9-12-17-27)35(39-36)28-18-13-10-14-19-28/h9-14,16-19,21-24,31H,5-8,15,20,25-26H2,1-4H3,(H2-,38,39,40,41,43,45)/p+1. The number of ether oxygens (including phenoxy) is 1. The molecule has 4 aromatic rings. The van der Waals surface area contributed by atoms with Gasteiger partial charge in [-0.15, -0.1) is 0 Å². The number of carbonyl (C=O) groups is 3. The van der Waals surface area contributed by atoms with Gasteiger partial charge >= 0.3 is 5.97 Å². The molecule has 9 nitrogen and oxygen atoms in total. The van der Waals surface area contributed by atoms with Crippen LogP contribution in [0.5, 0.6) is 0 Å². The summed E-state index contributed by atoms with van der Waals surface area (Å²) in [6.07, 6.45) is 4.85. The Morgan fingerprint density at radius 1 is 0.783 bits per heavy atom. The minimum absolute atomic E-state index is 0.0533. The van der Waals surface area contributed by atoms with Gasteiger partial charge in [-0.25, -0.2) is 4.98 Å². The van der Waals surface area contributed by atoms with Crippen LogP contribution in [0.2, 0.25) is 0 Å². The van der Waals surface area contributed by atoms with Crippen molar-refractivity contribution in [2.75, 3.05) is 27.7 Å². The number of unbranched alkanes of at least 4 members (excludes halogenated alkanes) is 4. The van der Waals surface area contributed by atoms with E-state index in [1.807, 2.05) is 93.9 Å². The molecule has 0 saturated heterocycles. The Hall–Kier alpha value is -4.76. The first-order valence-electron chi connectivity index (χ1n) is 16.0. The second kappa shape index (κ2) is 16.5. The lowest BCUT2D eigenvalue weighted by molar-refractivity contribution is -0.873. The van der Waals surface area contributed by atoms with Crippen LogP contribution in [0, 0.1) is 0 Å². The lowest BCUT2D eigenvalue weighted by Gasteiger charge is -2.28. The molecule has 1 atom stereocenters. The number of amides is 2. The number of aromatic amines is 1. The molecular weight excluding hydrogens is 578 g/mol. The van der Waals surface area contributed by atoms with Crippen LogP contribution in [-0.4, -0.2) is 66.0 Å². The summed E-state index contributed by atoms with van der Waals surface area (Å²) in [5.74, 6) is -0.509. The molecule has 242 valence electrons. The summed E-state index contributed by atoms with van der Waals surface area (Å²) >= 11 is 0. The van der Waals surface area contributed by atoms with Gasteiger partial charge in [0.15, 0.2) is 6.10 Å². The third-order valence-electron chi connectivity index (χ3n) is 7.50. The topological polar surface area (TPSA) is 113 Å². The molecule has 0 saturated carbocycles. The zero-order valence-corrected chi connectivity index (χ0v) is 27.3. The summed E-state index contributed by atoms with van der Waals surface area (Å²) in [6.45, 7) is 2.62. The van der Waals surface area contributed by atoms with Crippen molar-refractivity contribution >= 4 is 17.8 Å². The quantitative estimate of drug-likeness (QED) is 0.0602. The fraction of sp³-hybridized carbons (Fsp3) is 0.351. The first-order chi connectivity index (χ1) is 22.1. The molecule has 0 fully saturated rings. The fourth-order valence-electron chi connectivity index (χ4n) is 5.24. The van der Waals surface area contributed by atoms with E-state index in [9.17, 15) is 14.4 Å². The van der Waals surface area contributed by atoms with Crippen molar-refractivity contribution in [2.45, 2.75) is 58.0 Å². The molecule has 0 radical (unpaired) electrons. The molecule has 4 rings (SSSR count). The Morgan fingerprint density at radius 3 is 2.04 bits per heavy atom. The van der Waals surface area contributed by atoms with E-state index in [-0.39, 0.29) is 12.4 Å². The monoisotopic (exact) mass is 624 g/mol. The summed E-state index contributed by atoms with van der Waals surface area (Å²) in [5, 5.41) is 0. The number of imidazole rings is 1. The molecule has 46 heavy (non-hydrogen) atoms. The second-order valence-electron chi connectivity index (χ2n) is 12.6. The largest absolute Gasteiger partial charge is 0.456 e. The highest BCUT2D eigenvalue weighted by atomic mass is 16.5. The minimum Gasteiger partial charge on any atom is -0.456 e. The Kier molecular flexibility index (Phi) is 12.3. The first kappa shape index (κ1) is 34.1. The Morgan fingerprint density at radius 2 is 1.41 bits per heavy atom. The zero-order chi connectivity index (χ0) is 32.9. The van der Waals surface area contributed by atoms with Gasteiger partial charge in [0.05, 0.1) is 39.0 Å². The number of hydrogen-bond acceptors (Lipinski definition) is 5. The average molecular weight is 625 g/mol. The van der Waals surface area contributed by atoms with Crippen LogP contribution in [0.3, 0.4) is 0 Å². The van der Waals surface area contributed by atoms with Gasteiger partial charge in [-0.1, -0.05) is 105 Å². The number of carbonyl (C=O) groups excluding carboxylic acids is 3. The minimum atomic E-state index is -0.603. The maximum Gasteiger partial charge on any atom is 0.306 e. The van der Waals surface area contributed by atoms with Gasteiger partial charge < -0.3 is 14.2 Å². The third-order valence-corrected chi connectivity index (χ3v) is 7.50. The highest BCUT2D eigenvalue weighted by Crippen LogP contribution is 2.33. The van der Waals surface area contributed by atoms with E-state index in [1.54, 1.807) is 12.1 Å². The Bertz CT molecular complexity index is 1500. The van der Waals surface area contributed by atoms with E-state index >= 15 is 0 Å². The van der Waals surface area contributed by atoms with Gasteiger partial charge in [0.2, 0.25) is 5.91 Å². The predicted octanol–water partition coefficient (Wildman–Crippen LogP) is 6.54. The van der Waals surface area contributed by atoms with E-state index in [0.29, 0.717) is 28.8 Å². The number of esters is 1. The molecule has 3 aromatic carbocycles. The van der Waals surface area contributed by atoms with E-state index in [1.165, 1.54) is 0 Å². The van der Waals surface area contributed by atoms with Crippen LogP contribution in [-0.2, 0) is 14.3 Å². The van der Waals surface area contributed by atoms with Gasteiger partial charge in [-0.05, 0) is 18.6 Å². The normalized spacial score (nSPS) is 11.9. The number of H-pyrrole nitrogens is 1. The molecule has 0 spiro atoms. The van der Waals surface area contributed by atoms with Crippen molar-refractivity contribution in [1.29, 1.82) is 0 Å². The fourth-order valence-corrected chi connectivity index (χ4v) is 5.24. The molecular formula is C37H46N5O4+. The van der Waals surface area contributed by atoms with E-state index < -0.39 is 17.9 Å². The van der Waals surface area contributed by atoms with Crippen LogP contribution in [0.15, 0.2) is 84.9 Å². The molecule has 1 aromatic heterocycles. The highest BCUT2D eigenvalue weighted by Gasteiger charge is 2.25. The number of rotatable bonds is 15. The predicted molar refractivity (Wildman–Crippen MR) is 181 cm³/mol. The summed E-state index contributed by atoms with van der Waals surface area (Å²) < 4.78 is 6.20. The number of nitrogens with one attached hydrogen (secondary N) is 3. The van der Waals surface area contributed by atoms with Crippen molar-refractivity contribution < 1.29 is 23.6 Å². The van der Waals surface area contributed by atoms with E-state index in [2.05, 4.69) is 22.8 Å². The van der Waals surface area contributed by atoms with E-state index in [0.717, 1.165) is 60.2 Å². The van der Waals surface area contributed by atoms with Crippen molar-refractivity contribution in [2.24, 2.45) is 0 Å². The number of likely N-dealkylation sites (N-methyl/N-ethyl adjacent to an activating group) is 1. The number of quaternary nitrogens is 1. The molecule has 9 heteroatoms. The second-order valence-corrected chi connectivity index (χ2v) is 12.6. The van der Waals surface area contributed by atoms with Gasteiger partial charge in [0, 0.05) is 28.7 Å². The summed E-state index contributed by atoms with van der Waals surface area (Å²) in [6, 6.07) is 27.0. The van der Waals surface area contributed by atoms with Crippen molar-refractivity contribution in [1.82, 2.24) is 20.8 Å². The van der Waals surface area contributed by atoms with Gasteiger partial charge in [-0.2, -0.15) is 0 Å². The molecule has 3 N–H and O–H groups in total. The Labute approximate surface area is 272 Å². The van der Waals surface area contributed by atoms with Crippen molar-refractivity contribution in [3.8, 4) is 33.9 Å². The number of nitrogens with zero attached hydrogens (tertiary/aromatic N) is 2. The number of benzene rings is 3. The van der Waals surface area contributed by atoms with E-state index in [4.69, 9.17) is 9.72 Å². The molecule has 0 aliphatic carbocycles. The molecule has 1 unspecified atom stereocenters. The van der Waals surface area contributed by atoms with Gasteiger partial charge in [0.1, 0.15) is 12.4 Å². The third kappa shape index (κ3) is 10.4. The highest BCUT2D eigenvalue weighted by molar-refractivity contribution is 5.96. The maximum absolute atomic E-state index is 12.9. The lowest BCUT2D eigenvalue weighted by atomic mass is 10.1. The molecule has 0 aliphatic heterocycles. The number of hydrogen-bond donors (Lipinski definition) is 3. The molecule has 1 heterocycles. The summed E-state index contributed by atoms with van der Waals surface area (Å²) in [4.78, 5) is 46.5. The van der Waals surface area contributed by atoms with Gasteiger partial charge in [-0.3, -0.25) is 25.2 Å². The van der Waals surface area contributed by atoms with Crippen LogP contribution in [0.4, 0.5) is 0 Å². The van der Waals surface area contributed by atoms with Crippen LogP contribution >= 0.6 is 0 Å². The smallest absolute Gasteiger partial charge is 0.306 e. The van der Waals surface area contributed by atoms with Crippen molar-refractivity contribution in [3.63, 3.8) is 0 Å². The average Bonchev–Trinajstić information content (AvgIpc) is 3.49. The van der Waals surface area contributed by atoms with Crippen LogP contribution < -0.4 is 10.9 Å². The lowest BCUT2D eigenvalue weighted by Crippen LogP contribution is -2.47. The van der Waals surface area contributed by atoms with Crippen LogP contribution in [0.1, 0.15) is 62.2 Å². The maximum atomic E-state index is 12.9. The van der Waals surface area contributed by atoms with Crippen molar-refractivity contribution in [3.05, 3.63) is 90.5 Å². The number of hydrazine groups is 1. The summed E-state index contributed by atoms with van der Waals surface area (Å²) in [5.41, 5.74) is 9.91. The van der Waals surface area contributed by atoms with Crippen LogP contribution in [0.25, 0.3) is 33.9 Å². The first-order valence-corrected chi connectivity index (χ1v) is 16.0. The Balaban J connectivity index is 1.36. The summed E-state index contributed by atoms with van der Waals surface area (Å²) in [7, 11) is 5.92. The van der Waals surface area contributed by atoms with Gasteiger partial charge in [0.25, 0.3) is 5.91 Å². The molecule has 0 bridgehead atoms. The zero-order valence-electron chi connectivity index (χ0n) is 27.3. The number of aromatic nitrogens is 2.